The number of rotatable bonds is 4. The lowest BCUT2D eigenvalue weighted by Crippen LogP contribution is -2.39. The van der Waals surface area contributed by atoms with Crippen LogP contribution in [0.1, 0.15) is 29.7 Å². The maximum atomic E-state index is 12.4. The van der Waals surface area contributed by atoms with Gasteiger partial charge in [-0.15, -0.1) is 0 Å². The van der Waals surface area contributed by atoms with Crippen molar-refractivity contribution in [1.29, 1.82) is 0 Å². The number of amides is 1. The number of hydrogen-bond donors (Lipinski definition) is 0. The molecule has 1 amide bonds. The molecule has 0 radical (unpaired) electrons. The molecule has 2 aromatic rings. The lowest BCUT2D eigenvalue weighted by atomic mass is 9.86. The molecule has 0 aliphatic carbocycles. The van der Waals surface area contributed by atoms with Crippen molar-refractivity contribution < 1.29 is 28.7 Å². The predicted molar refractivity (Wildman–Crippen MR) is 102 cm³/mol. The minimum atomic E-state index is -0.661. The molecule has 0 unspecified atom stereocenters. The number of ether oxygens (including phenoxy) is 4. The van der Waals surface area contributed by atoms with Crippen molar-refractivity contribution in [3.05, 3.63) is 51.1 Å². The molecule has 0 bridgehead atoms. The summed E-state index contributed by atoms with van der Waals surface area (Å²) in [4.78, 5) is 25.4. The molecular formula is C20H20N2O7. The Morgan fingerprint density at radius 1 is 1.10 bits per heavy atom. The van der Waals surface area contributed by atoms with Gasteiger partial charge in [-0.25, -0.2) is 0 Å². The number of nitro groups is 1. The van der Waals surface area contributed by atoms with Crippen LogP contribution in [0, 0.1) is 10.1 Å². The van der Waals surface area contributed by atoms with Crippen molar-refractivity contribution in [2.45, 2.75) is 19.4 Å². The molecule has 0 fully saturated rings. The van der Waals surface area contributed by atoms with Gasteiger partial charge in [0, 0.05) is 13.5 Å². The van der Waals surface area contributed by atoms with Crippen LogP contribution in [0.5, 0.6) is 23.0 Å². The van der Waals surface area contributed by atoms with Gasteiger partial charge in [-0.1, -0.05) is 0 Å². The van der Waals surface area contributed by atoms with Gasteiger partial charge in [-0.05, 0) is 35.7 Å². The van der Waals surface area contributed by atoms with Gasteiger partial charge in [0.1, 0.15) is 0 Å². The Morgan fingerprint density at radius 3 is 2.38 bits per heavy atom. The zero-order valence-electron chi connectivity index (χ0n) is 16.3. The van der Waals surface area contributed by atoms with Gasteiger partial charge in [0.15, 0.2) is 23.0 Å². The molecule has 9 heteroatoms. The lowest BCUT2D eigenvalue weighted by molar-refractivity contribution is -0.385. The van der Waals surface area contributed by atoms with Crippen LogP contribution in [0.25, 0.3) is 0 Å². The molecule has 0 spiro atoms. The summed E-state index contributed by atoms with van der Waals surface area (Å²) < 4.78 is 21.6. The predicted octanol–water partition coefficient (Wildman–Crippen LogP) is 2.83. The number of benzene rings is 2. The summed E-state index contributed by atoms with van der Waals surface area (Å²) >= 11 is 0. The Hall–Kier alpha value is -3.49. The van der Waals surface area contributed by atoms with Crippen LogP contribution in [0.15, 0.2) is 24.3 Å². The summed E-state index contributed by atoms with van der Waals surface area (Å²) in [6.07, 6.45) is 0.601. The molecule has 1 atom stereocenters. The van der Waals surface area contributed by atoms with E-state index in [1.807, 2.05) is 6.07 Å². The van der Waals surface area contributed by atoms with Gasteiger partial charge in [0.25, 0.3) is 5.69 Å². The number of methoxy groups -OCH3 is 2. The molecular weight excluding hydrogens is 380 g/mol. The second-order valence-corrected chi connectivity index (χ2v) is 6.79. The number of carbonyl (C=O) groups is 1. The molecule has 2 aromatic carbocycles. The fourth-order valence-electron chi connectivity index (χ4n) is 3.94. The van der Waals surface area contributed by atoms with Crippen molar-refractivity contribution in [3.8, 4) is 23.0 Å². The Balaban J connectivity index is 1.96. The third kappa shape index (κ3) is 3.08. The fraction of sp³-hybridized carbons (Fsp3) is 0.350. The molecule has 29 heavy (non-hydrogen) atoms. The fourth-order valence-corrected chi connectivity index (χ4v) is 3.94. The summed E-state index contributed by atoms with van der Waals surface area (Å²) in [6.45, 7) is 1.88. The summed E-state index contributed by atoms with van der Waals surface area (Å²) in [6, 6.07) is 5.92. The minimum absolute atomic E-state index is 0.00135. The zero-order chi connectivity index (χ0) is 20.7. The summed E-state index contributed by atoms with van der Waals surface area (Å²) in [5, 5.41) is 11.8. The minimum Gasteiger partial charge on any atom is -0.493 e. The van der Waals surface area contributed by atoms with Crippen molar-refractivity contribution in [1.82, 2.24) is 4.90 Å². The molecule has 4 rings (SSSR count). The van der Waals surface area contributed by atoms with Crippen molar-refractivity contribution in [2.75, 3.05) is 27.6 Å². The molecule has 0 saturated carbocycles. The molecule has 2 aliphatic heterocycles. The van der Waals surface area contributed by atoms with Gasteiger partial charge in [0.05, 0.1) is 36.8 Å². The average Bonchev–Trinajstić information content (AvgIpc) is 3.18. The van der Waals surface area contributed by atoms with E-state index in [0.29, 0.717) is 41.5 Å². The highest BCUT2D eigenvalue weighted by molar-refractivity contribution is 5.76. The van der Waals surface area contributed by atoms with E-state index in [1.165, 1.54) is 20.1 Å². The van der Waals surface area contributed by atoms with Crippen LogP contribution in [0.2, 0.25) is 0 Å². The first-order valence-electron chi connectivity index (χ1n) is 9.04. The molecule has 152 valence electrons. The summed E-state index contributed by atoms with van der Waals surface area (Å²) in [7, 11) is 3.07. The summed E-state index contributed by atoms with van der Waals surface area (Å²) in [5.74, 6) is 1.62. The third-order valence-corrected chi connectivity index (χ3v) is 5.29. The quantitative estimate of drug-likeness (QED) is 0.575. The second-order valence-electron chi connectivity index (χ2n) is 6.79. The standard InChI is InChI=1S/C20H20N2O7/c1-11(23)21-5-4-12-6-16(26-2)17(27-3)7-13(12)20(21)14-8-18-19(29-10-28-18)9-15(14)22(24)25/h6-9,20H,4-5,10H2,1-3H3/t20-/m1/s1. The molecule has 2 aliphatic rings. The van der Waals surface area contributed by atoms with Crippen molar-refractivity contribution >= 4 is 11.6 Å². The van der Waals surface area contributed by atoms with Gasteiger partial charge in [0.2, 0.25) is 12.7 Å². The van der Waals surface area contributed by atoms with E-state index in [9.17, 15) is 14.9 Å². The van der Waals surface area contributed by atoms with E-state index in [0.717, 1.165) is 11.1 Å². The van der Waals surface area contributed by atoms with Crippen LogP contribution >= 0.6 is 0 Å². The molecule has 0 N–H and O–H groups in total. The van der Waals surface area contributed by atoms with E-state index < -0.39 is 11.0 Å². The smallest absolute Gasteiger partial charge is 0.279 e. The number of nitro benzene ring substituents is 1. The Bertz CT molecular complexity index is 1000. The molecule has 0 saturated heterocycles. The number of hydrogen-bond acceptors (Lipinski definition) is 7. The average molecular weight is 400 g/mol. The van der Waals surface area contributed by atoms with Crippen molar-refractivity contribution in [3.63, 3.8) is 0 Å². The highest BCUT2D eigenvalue weighted by Gasteiger charge is 2.37. The maximum absolute atomic E-state index is 12.4. The first-order chi connectivity index (χ1) is 13.9. The Kier molecular flexibility index (Phi) is 4.65. The highest BCUT2D eigenvalue weighted by Crippen LogP contribution is 2.47. The monoisotopic (exact) mass is 400 g/mol. The highest BCUT2D eigenvalue weighted by atomic mass is 16.7. The van der Waals surface area contributed by atoms with Gasteiger partial charge in [-0.2, -0.15) is 0 Å². The van der Waals surface area contributed by atoms with E-state index in [1.54, 1.807) is 24.1 Å². The van der Waals surface area contributed by atoms with Crippen LogP contribution in [-0.4, -0.2) is 43.3 Å². The Labute approximate surface area is 166 Å². The van der Waals surface area contributed by atoms with E-state index in [-0.39, 0.29) is 18.4 Å². The van der Waals surface area contributed by atoms with Crippen LogP contribution < -0.4 is 18.9 Å². The van der Waals surface area contributed by atoms with Gasteiger partial charge >= 0.3 is 0 Å². The first kappa shape index (κ1) is 18.9. The van der Waals surface area contributed by atoms with E-state index in [4.69, 9.17) is 18.9 Å². The third-order valence-electron chi connectivity index (χ3n) is 5.29. The number of nitrogens with zero attached hydrogens (tertiary/aromatic N) is 2. The van der Waals surface area contributed by atoms with Gasteiger partial charge in [-0.3, -0.25) is 14.9 Å². The topological polar surface area (TPSA) is 100 Å². The second kappa shape index (κ2) is 7.16. The molecule has 0 aromatic heterocycles. The van der Waals surface area contributed by atoms with E-state index >= 15 is 0 Å². The first-order valence-corrected chi connectivity index (χ1v) is 9.04. The van der Waals surface area contributed by atoms with Crippen LogP contribution in [0.4, 0.5) is 5.69 Å². The zero-order valence-corrected chi connectivity index (χ0v) is 16.3. The largest absolute Gasteiger partial charge is 0.493 e. The molecule has 2 heterocycles. The van der Waals surface area contributed by atoms with E-state index in [2.05, 4.69) is 0 Å². The van der Waals surface area contributed by atoms with Crippen molar-refractivity contribution in [2.24, 2.45) is 0 Å². The summed E-state index contributed by atoms with van der Waals surface area (Å²) in [5.41, 5.74) is 1.93. The number of fused-ring (bicyclic) bond motifs is 2. The van der Waals surface area contributed by atoms with Gasteiger partial charge < -0.3 is 23.8 Å². The van der Waals surface area contributed by atoms with Crippen LogP contribution in [0.3, 0.4) is 0 Å². The SMILES string of the molecule is COc1cc2c(cc1OC)[C@H](c1cc3c(cc1[N+](=O)[O-])OCO3)N(C(C)=O)CC2. The molecule has 9 nitrogen and oxygen atoms in total. The van der Waals surface area contributed by atoms with Crippen LogP contribution in [-0.2, 0) is 11.2 Å². The Morgan fingerprint density at radius 2 is 1.76 bits per heavy atom. The maximum Gasteiger partial charge on any atom is 0.279 e. The lowest BCUT2D eigenvalue weighted by Gasteiger charge is -2.37. The number of carbonyl (C=O) groups excluding carboxylic acids is 1. The normalized spacial score (nSPS) is 16.9.